The summed E-state index contributed by atoms with van der Waals surface area (Å²) in [5.74, 6) is 0. The lowest BCUT2D eigenvalue weighted by molar-refractivity contribution is 0.180. The first-order chi connectivity index (χ1) is 7.74. The van der Waals surface area contributed by atoms with Gasteiger partial charge in [-0.3, -0.25) is 4.90 Å². The van der Waals surface area contributed by atoms with Gasteiger partial charge in [0.25, 0.3) is 0 Å². The highest BCUT2D eigenvalue weighted by molar-refractivity contribution is 5.19. The molecule has 0 spiro atoms. The molecule has 1 aromatic rings. The van der Waals surface area contributed by atoms with Crippen LogP contribution in [0.2, 0.25) is 0 Å². The summed E-state index contributed by atoms with van der Waals surface area (Å²) in [7, 11) is 0. The lowest BCUT2D eigenvalue weighted by Gasteiger charge is -2.32. The van der Waals surface area contributed by atoms with E-state index in [2.05, 4.69) is 49.1 Å². The van der Waals surface area contributed by atoms with Crippen LogP contribution in [0, 0.1) is 0 Å². The van der Waals surface area contributed by atoms with E-state index >= 15 is 0 Å². The van der Waals surface area contributed by atoms with Gasteiger partial charge in [0.2, 0.25) is 0 Å². The molecule has 2 heteroatoms. The van der Waals surface area contributed by atoms with Crippen LogP contribution in [0.15, 0.2) is 30.3 Å². The van der Waals surface area contributed by atoms with Crippen molar-refractivity contribution in [1.82, 2.24) is 4.90 Å². The fraction of sp³-hybridized carbons (Fsp3) is 0.571. The van der Waals surface area contributed by atoms with E-state index in [1.165, 1.54) is 5.56 Å². The Bertz CT molecular complexity index is 323. The number of nitrogens with two attached hydrogens (primary N) is 1. The molecule has 2 N–H and O–H groups in total. The third kappa shape index (κ3) is 2.13. The molecule has 1 aliphatic heterocycles. The SMILES string of the molecule is CC[C@@H](c1ccccc1)N1CCC(N)C1C. The van der Waals surface area contributed by atoms with E-state index in [1.54, 1.807) is 0 Å². The Morgan fingerprint density at radius 1 is 1.38 bits per heavy atom. The molecule has 0 aliphatic carbocycles. The van der Waals surface area contributed by atoms with Crippen LogP contribution in [0.4, 0.5) is 0 Å². The first kappa shape index (κ1) is 11.6. The normalized spacial score (nSPS) is 28.2. The zero-order valence-corrected chi connectivity index (χ0v) is 10.3. The van der Waals surface area contributed by atoms with Crippen LogP contribution in [0.3, 0.4) is 0 Å². The molecular weight excluding hydrogens is 196 g/mol. The van der Waals surface area contributed by atoms with Gasteiger partial charge in [-0.05, 0) is 25.3 Å². The van der Waals surface area contributed by atoms with Crippen LogP contribution in [-0.4, -0.2) is 23.5 Å². The molecule has 88 valence electrons. The predicted molar refractivity (Wildman–Crippen MR) is 68.2 cm³/mol. The Morgan fingerprint density at radius 2 is 2.06 bits per heavy atom. The zero-order chi connectivity index (χ0) is 11.5. The Kier molecular flexibility index (Phi) is 3.62. The zero-order valence-electron chi connectivity index (χ0n) is 10.3. The van der Waals surface area contributed by atoms with E-state index in [4.69, 9.17) is 5.73 Å². The molecule has 3 atom stereocenters. The Morgan fingerprint density at radius 3 is 2.56 bits per heavy atom. The standard InChI is InChI=1S/C14H22N2/c1-3-14(12-7-5-4-6-8-12)16-10-9-13(15)11(16)2/h4-8,11,13-14H,3,9-10,15H2,1-2H3/t11?,13?,14-/m0/s1. The lowest BCUT2D eigenvalue weighted by Crippen LogP contribution is -2.38. The third-order valence-electron chi connectivity index (χ3n) is 3.83. The molecule has 1 aliphatic rings. The minimum atomic E-state index is 0.345. The molecule has 1 fully saturated rings. The second kappa shape index (κ2) is 4.98. The number of benzene rings is 1. The number of likely N-dealkylation sites (tertiary alicyclic amines) is 1. The van der Waals surface area contributed by atoms with E-state index in [-0.39, 0.29) is 0 Å². The predicted octanol–water partition coefficient (Wildman–Crippen LogP) is 2.56. The highest BCUT2D eigenvalue weighted by Crippen LogP contribution is 2.30. The molecular formula is C14H22N2. The van der Waals surface area contributed by atoms with Gasteiger partial charge in [0.1, 0.15) is 0 Å². The van der Waals surface area contributed by atoms with Gasteiger partial charge >= 0.3 is 0 Å². The quantitative estimate of drug-likeness (QED) is 0.845. The summed E-state index contributed by atoms with van der Waals surface area (Å²) in [6.45, 7) is 5.65. The maximum Gasteiger partial charge on any atom is 0.0348 e. The maximum absolute atomic E-state index is 6.10. The molecule has 1 heterocycles. The van der Waals surface area contributed by atoms with Gasteiger partial charge in [-0.2, -0.15) is 0 Å². The molecule has 0 saturated carbocycles. The number of hydrogen-bond acceptors (Lipinski definition) is 2. The van der Waals surface area contributed by atoms with Gasteiger partial charge in [0.05, 0.1) is 0 Å². The van der Waals surface area contributed by atoms with Gasteiger partial charge in [-0.15, -0.1) is 0 Å². The fourth-order valence-corrected chi connectivity index (χ4v) is 2.77. The minimum absolute atomic E-state index is 0.345. The van der Waals surface area contributed by atoms with Crippen molar-refractivity contribution in [3.05, 3.63) is 35.9 Å². The van der Waals surface area contributed by atoms with Crippen molar-refractivity contribution in [2.24, 2.45) is 5.73 Å². The molecule has 0 amide bonds. The topological polar surface area (TPSA) is 29.3 Å². The van der Waals surface area contributed by atoms with Crippen LogP contribution in [0.5, 0.6) is 0 Å². The second-order valence-electron chi connectivity index (χ2n) is 4.77. The number of nitrogens with zero attached hydrogens (tertiary/aromatic N) is 1. The largest absolute Gasteiger partial charge is 0.326 e. The summed E-state index contributed by atoms with van der Waals surface area (Å²) < 4.78 is 0. The average Bonchev–Trinajstić information content (AvgIpc) is 2.64. The van der Waals surface area contributed by atoms with Gasteiger partial charge in [0.15, 0.2) is 0 Å². The molecule has 2 rings (SSSR count). The van der Waals surface area contributed by atoms with E-state index in [0.29, 0.717) is 18.1 Å². The third-order valence-corrected chi connectivity index (χ3v) is 3.83. The molecule has 1 aromatic carbocycles. The molecule has 2 unspecified atom stereocenters. The molecule has 0 radical (unpaired) electrons. The molecule has 0 aromatic heterocycles. The monoisotopic (exact) mass is 218 g/mol. The molecule has 16 heavy (non-hydrogen) atoms. The Labute approximate surface area is 98.4 Å². The Balaban J connectivity index is 2.17. The summed E-state index contributed by atoms with van der Waals surface area (Å²) in [6, 6.07) is 12.2. The van der Waals surface area contributed by atoms with Gasteiger partial charge in [0, 0.05) is 24.7 Å². The van der Waals surface area contributed by atoms with Crippen molar-refractivity contribution in [3.63, 3.8) is 0 Å². The Hall–Kier alpha value is -0.860. The van der Waals surface area contributed by atoms with Gasteiger partial charge < -0.3 is 5.73 Å². The van der Waals surface area contributed by atoms with E-state index in [0.717, 1.165) is 19.4 Å². The number of rotatable bonds is 3. The second-order valence-corrected chi connectivity index (χ2v) is 4.77. The summed E-state index contributed by atoms with van der Waals surface area (Å²) in [5.41, 5.74) is 7.52. The van der Waals surface area contributed by atoms with Crippen molar-refractivity contribution in [2.45, 2.75) is 44.8 Å². The van der Waals surface area contributed by atoms with Crippen LogP contribution < -0.4 is 5.73 Å². The summed E-state index contributed by atoms with van der Waals surface area (Å²) in [4.78, 5) is 2.56. The smallest absolute Gasteiger partial charge is 0.0348 e. The first-order valence-corrected chi connectivity index (χ1v) is 6.30. The molecule has 0 bridgehead atoms. The average molecular weight is 218 g/mol. The molecule has 1 saturated heterocycles. The van der Waals surface area contributed by atoms with Crippen LogP contribution in [-0.2, 0) is 0 Å². The van der Waals surface area contributed by atoms with Crippen molar-refractivity contribution in [3.8, 4) is 0 Å². The van der Waals surface area contributed by atoms with E-state index < -0.39 is 0 Å². The van der Waals surface area contributed by atoms with E-state index in [9.17, 15) is 0 Å². The van der Waals surface area contributed by atoms with Crippen molar-refractivity contribution >= 4 is 0 Å². The minimum Gasteiger partial charge on any atom is -0.326 e. The lowest BCUT2D eigenvalue weighted by atomic mass is 10.0. The fourth-order valence-electron chi connectivity index (χ4n) is 2.77. The van der Waals surface area contributed by atoms with E-state index in [1.807, 2.05) is 0 Å². The highest BCUT2D eigenvalue weighted by atomic mass is 15.2. The maximum atomic E-state index is 6.10. The highest BCUT2D eigenvalue weighted by Gasteiger charge is 2.32. The van der Waals surface area contributed by atoms with Gasteiger partial charge in [-0.1, -0.05) is 37.3 Å². The van der Waals surface area contributed by atoms with Gasteiger partial charge in [-0.25, -0.2) is 0 Å². The van der Waals surface area contributed by atoms with Crippen LogP contribution >= 0.6 is 0 Å². The summed E-state index contributed by atoms with van der Waals surface area (Å²) >= 11 is 0. The molecule has 2 nitrogen and oxygen atoms in total. The van der Waals surface area contributed by atoms with Crippen molar-refractivity contribution < 1.29 is 0 Å². The van der Waals surface area contributed by atoms with Crippen LogP contribution in [0.1, 0.15) is 38.3 Å². The van der Waals surface area contributed by atoms with Crippen molar-refractivity contribution in [2.75, 3.05) is 6.54 Å². The van der Waals surface area contributed by atoms with Crippen LogP contribution in [0.25, 0.3) is 0 Å². The number of hydrogen-bond donors (Lipinski definition) is 1. The summed E-state index contributed by atoms with van der Waals surface area (Å²) in [6.07, 6.45) is 2.28. The first-order valence-electron chi connectivity index (χ1n) is 6.30. The summed E-state index contributed by atoms with van der Waals surface area (Å²) in [5, 5.41) is 0. The van der Waals surface area contributed by atoms with Crippen molar-refractivity contribution in [1.29, 1.82) is 0 Å².